The van der Waals surface area contributed by atoms with Gasteiger partial charge < -0.3 is 15.1 Å². The zero-order valence-electron chi connectivity index (χ0n) is 16.0. The van der Waals surface area contributed by atoms with Gasteiger partial charge in [-0.25, -0.2) is 9.97 Å². The maximum absolute atomic E-state index is 12.7. The molecule has 142 valence electrons. The minimum Gasteiger partial charge on any atom is -0.354 e. The van der Waals surface area contributed by atoms with Gasteiger partial charge in [-0.05, 0) is 32.5 Å². The number of aryl methyl sites for hydroxylation is 1. The first-order valence-electron chi connectivity index (χ1n) is 9.21. The second-order valence-electron chi connectivity index (χ2n) is 6.67. The summed E-state index contributed by atoms with van der Waals surface area (Å²) >= 11 is 0. The lowest BCUT2D eigenvalue weighted by atomic mass is 10.1. The zero-order chi connectivity index (χ0) is 19.4. The molecule has 7 heteroatoms. The van der Waals surface area contributed by atoms with Crippen LogP contribution in [0.4, 0.5) is 11.5 Å². The fraction of sp³-hybridized carbons (Fsp3) is 0.400. The summed E-state index contributed by atoms with van der Waals surface area (Å²) in [5.41, 5.74) is 1.45. The van der Waals surface area contributed by atoms with E-state index in [1.807, 2.05) is 0 Å². The maximum Gasteiger partial charge on any atom is 0.274 e. The first kappa shape index (κ1) is 19.0. The highest BCUT2D eigenvalue weighted by atomic mass is 16.2. The van der Waals surface area contributed by atoms with Crippen molar-refractivity contribution in [2.45, 2.75) is 20.8 Å². The van der Waals surface area contributed by atoms with Gasteiger partial charge >= 0.3 is 0 Å². The van der Waals surface area contributed by atoms with Gasteiger partial charge in [0.05, 0.1) is 0 Å². The third-order valence-corrected chi connectivity index (χ3v) is 4.73. The normalized spacial score (nSPS) is 14.9. The number of likely N-dealkylation sites (N-methyl/N-ethyl adjacent to an activating group) is 1. The van der Waals surface area contributed by atoms with Crippen molar-refractivity contribution in [1.29, 1.82) is 0 Å². The van der Waals surface area contributed by atoms with E-state index in [0.717, 1.165) is 38.5 Å². The number of carbonyl (C=O) groups is 2. The summed E-state index contributed by atoms with van der Waals surface area (Å²) < 4.78 is 0. The molecule has 2 aromatic rings. The van der Waals surface area contributed by atoms with Crippen LogP contribution in [0, 0.1) is 6.92 Å². The van der Waals surface area contributed by atoms with E-state index in [-0.39, 0.29) is 11.7 Å². The van der Waals surface area contributed by atoms with Gasteiger partial charge in [0.1, 0.15) is 17.3 Å². The molecule has 2 heterocycles. The highest BCUT2D eigenvalue weighted by Crippen LogP contribution is 2.17. The number of amides is 1. The number of piperazine rings is 1. The molecule has 0 unspecified atom stereocenters. The second kappa shape index (κ2) is 8.26. The minimum atomic E-state index is -0.311. The van der Waals surface area contributed by atoms with Crippen LogP contribution in [0.1, 0.15) is 40.5 Å². The molecule has 1 fully saturated rings. The van der Waals surface area contributed by atoms with Crippen molar-refractivity contribution in [2.24, 2.45) is 0 Å². The van der Waals surface area contributed by atoms with Crippen LogP contribution in [0.3, 0.4) is 0 Å². The number of carbonyl (C=O) groups excluding carboxylic acids is 2. The Balaban J connectivity index is 1.76. The molecule has 0 aliphatic carbocycles. The van der Waals surface area contributed by atoms with Gasteiger partial charge in [-0.15, -0.1) is 0 Å². The fourth-order valence-electron chi connectivity index (χ4n) is 3.13. The number of nitrogens with one attached hydrogen (secondary N) is 1. The lowest BCUT2D eigenvalue weighted by molar-refractivity contribution is 0.100. The quantitative estimate of drug-likeness (QED) is 0.818. The number of aromatic nitrogens is 2. The van der Waals surface area contributed by atoms with Crippen molar-refractivity contribution >= 4 is 23.2 Å². The number of nitrogens with zero attached hydrogens (tertiary/aromatic N) is 4. The van der Waals surface area contributed by atoms with Crippen LogP contribution >= 0.6 is 0 Å². The Bertz CT molecular complexity index is 844. The number of anilines is 2. The molecule has 3 rings (SSSR count). The Morgan fingerprint density at radius 3 is 2.52 bits per heavy atom. The molecular formula is C20H25N5O2. The van der Waals surface area contributed by atoms with Crippen molar-refractivity contribution in [3.05, 3.63) is 47.4 Å². The number of hydrogen-bond acceptors (Lipinski definition) is 6. The molecule has 27 heavy (non-hydrogen) atoms. The number of ketones is 1. The smallest absolute Gasteiger partial charge is 0.274 e. The van der Waals surface area contributed by atoms with Gasteiger partial charge in [-0.2, -0.15) is 0 Å². The van der Waals surface area contributed by atoms with E-state index in [4.69, 9.17) is 0 Å². The number of Topliss-reactive ketones (excluding diaryl/α,β-unsaturated/α-hetero) is 1. The van der Waals surface area contributed by atoms with Gasteiger partial charge in [0.25, 0.3) is 5.91 Å². The van der Waals surface area contributed by atoms with Crippen LogP contribution in [0.2, 0.25) is 0 Å². The molecule has 0 spiro atoms. The van der Waals surface area contributed by atoms with E-state index >= 15 is 0 Å². The van der Waals surface area contributed by atoms with Gasteiger partial charge in [0, 0.05) is 43.5 Å². The number of rotatable bonds is 5. The molecule has 7 nitrogen and oxygen atoms in total. The Morgan fingerprint density at radius 1 is 1.11 bits per heavy atom. The first-order chi connectivity index (χ1) is 13.0. The summed E-state index contributed by atoms with van der Waals surface area (Å²) in [5.74, 6) is 0.987. The predicted octanol–water partition coefficient (Wildman–Crippen LogP) is 2.38. The van der Waals surface area contributed by atoms with Crippen LogP contribution in [0.25, 0.3) is 0 Å². The lowest BCUT2D eigenvalue weighted by Crippen LogP contribution is -2.46. The molecular weight excluding hydrogens is 342 g/mol. The van der Waals surface area contributed by atoms with Gasteiger partial charge in [-0.1, -0.05) is 19.1 Å². The van der Waals surface area contributed by atoms with E-state index < -0.39 is 0 Å². The van der Waals surface area contributed by atoms with E-state index in [9.17, 15) is 9.59 Å². The Morgan fingerprint density at radius 2 is 1.85 bits per heavy atom. The van der Waals surface area contributed by atoms with E-state index in [1.165, 1.54) is 6.92 Å². The Labute approximate surface area is 159 Å². The third kappa shape index (κ3) is 4.68. The van der Waals surface area contributed by atoms with Gasteiger partial charge in [0.15, 0.2) is 5.78 Å². The Hall–Kier alpha value is -2.80. The van der Waals surface area contributed by atoms with Crippen molar-refractivity contribution in [2.75, 3.05) is 42.9 Å². The van der Waals surface area contributed by atoms with Gasteiger partial charge in [-0.3, -0.25) is 9.59 Å². The first-order valence-corrected chi connectivity index (χ1v) is 9.21. The van der Waals surface area contributed by atoms with Crippen molar-refractivity contribution in [3.8, 4) is 0 Å². The summed E-state index contributed by atoms with van der Waals surface area (Å²) in [4.78, 5) is 37.6. The lowest BCUT2D eigenvalue weighted by Gasteiger charge is -2.34. The average molecular weight is 367 g/mol. The minimum absolute atomic E-state index is 0.0440. The largest absolute Gasteiger partial charge is 0.354 e. The van der Waals surface area contributed by atoms with E-state index in [0.29, 0.717) is 22.8 Å². The SMILES string of the molecule is CCN1CCN(c2cc(C(=O)Nc3cccc(C(C)=O)c3)nc(C)n2)CC1. The fourth-order valence-corrected chi connectivity index (χ4v) is 3.13. The van der Waals surface area contributed by atoms with Crippen LogP contribution in [0.5, 0.6) is 0 Å². The van der Waals surface area contributed by atoms with E-state index in [2.05, 4.69) is 32.0 Å². The van der Waals surface area contributed by atoms with Crippen LogP contribution in [-0.2, 0) is 0 Å². The van der Waals surface area contributed by atoms with E-state index in [1.54, 1.807) is 37.3 Å². The molecule has 1 N–H and O–H groups in total. The monoisotopic (exact) mass is 367 g/mol. The maximum atomic E-state index is 12.7. The average Bonchev–Trinajstić information content (AvgIpc) is 2.67. The van der Waals surface area contributed by atoms with Gasteiger partial charge in [0.2, 0.25) is 0 Å². The molecule has 1 amide bonds. The molecule has 1 aromatic carbocycles. The van der Waals surface area contributed by atoms with Crippen molar-refractivity contribution in [3.63, 3.8) is 0 Å². The molecule has 0 atom stereocenters. The molecule has 0 saturated carbocycles. The van der Waals surface area contributed by atoms with Crippen LogP contribution in [-0.4, -0.2) is 59.3 Å². The summed E-state index contributed by atoms with van der Waals surface area (Å²) in [6.45, 7) is 10.2. The summed E-state index contributed by atoms with van der Waals surface area (Å²) in [6, 6.07) is 8.62. The number of hydrogen-bond donors (Lipinski definition) is 1. The zero-order valence-corrected chi connectivity index (χ0v) is 16.0. The molecule has 0 bridgehead atoms. The predicted molar refractivity (Wildman–Crippen MR) is 105 cm³/mol. The summed E-state index contributed by atoms with van der Waals surface area (Å²) in [7, 11) is 0. The van der Waals surface area contributed by atoms with Crippen molar-refractivity contribution < 1.29 is 9.59 Å². The number of benzene rings is 1. The highest BCUT2D eigenvalue weighted by molar-refractivity contribution is 6.04. The topological polar surface area (TPSA) is 78.4 Å². The van der Waals surface area contributed by atoms with Crippen LogP contribution < -0.4 is 10.2 Å². The highest BCUT2D eigenvalue weighted by Gasteiger charge is 2.19. The molecule has 1 aliphatic heterocycles. The second-order valence-corrected chi connectivity index (χ2v) is 6.67. The Kier molecular flexibility index (Phi) is 5.81. The third-order valence-electron chi connectivity index (χ3n) is 4.73. The standard InChI is InChI=1S/C20H25N5O2/c1-4-24-8-10-25(11-9-24)19-13-18(21-15(3)22-19)20(27)23-17-7-5-6-16(12-17)14(2)26/h5-7,12-13H,4,8-11H2,1-3H3,(H,23,27). The molecule has 1 aromatic heterocycles. The summed E-state index contributed by atoms with van der Waals surface area (Å²) in [5, 5.41) is 2.82. The van der Waals surface area contributed by atoms with Crippen LogP contribution in [0.15, 0.2) is 30.3 Å². The molecule has 1 aliphatic rings. The summed E-state index contributed by atoms with van der Waals surface area (Å²) in [6.07, 6.45) is 0. The van der Waals surface area contributed by atoms with Crippen molar-refractivity contribution in [1.82, 2.24) is 14.9 Å². The molecule has 1 saturated heterocycles. The molecule has 0 radical (unpaired) electrons.